The van der Waals surface area contributed by atoms with E-state index in [0.717, 1.165) is 44.2 Å². The van der Waals surface area contributed by atoms with Gasteiger partial charge in [0, 0.05) is 32.4 Å². The molecule has 8 heteroatoms. The van der Waals surface area contributed by atoms with Crippen LogP contribution < -0.4 is 10.2 Å². The lowest BCUT2D eigenvalue weighted by Gasteiger charge is -2.38. The van der Waals surface area contributed by atoms with E-state index in [-0.39, 0.29) is 36.8 Å². The van der Waals surface area contributed by atoms with E-state index in [9.17, 15) is 4.79 Å². The van der Waals surface area contributed by atoms with Gasteiger partial charge in [0.25, 0.3) is 0 Å². The fourth-order valence-electron chi connectivity index (χ4n) is 2.97. The van der Waals surface area contributed by atoms with Crippen LogP contribution in [0.15, 0.2) is 18.3 Å². The minimum absolute atomic E-state index is 0. The molecule has 2 aliphatic rings. The lowest BCUT2D eigenvalue weighted by Crippen LogP contribution is -2.50. The highest BCUT2D eigenvalue weighted by Gasteiger charge is 2.27. The Bertz CT molecular complexity index is 501. The first-order chi connectivity index (χ1) is 10.7. The third-order valence-corrected chi connectivity index (χ3v) is 4.63. The summed E-state index contributed by atoms with van der Waals surface area (Å²) in [7, 11) is 1.92. The Hall–Kier alpha value is -1.11. The molecular formula is C16H27Cl2N5O. The maximum Gasteiger partial charge on any atom is 0.236 e. The molecule has 0 aromatic carbocycles. The van der Waals surface area contributed by atoms with Crippen LogP contribution in [0.3, 0.4) is 0 Å². The third-order valence-electron chi connectivity index (χ3n) is 4.63. The van der Waals surface area contributed by atoms with Gasteiger partial charge in [0.05, 0.1) is 6.54 Å². The molecule has 1 N–H and O–H groups in total. The topological polar surface area (TPSA) is 61.4 Å². The molecule has 24 heavy (non-hydrogen) atoms. The van der Waals surface area contributed by atoms with Gasteiger partial charge in [-0.3, -0.25) is 4.79 Å². The molecule has 0 radical (unpaired) electrons. The van der Waals surface area contributed by atoms with Crippen molar-refractivity contribution in [3.63, 3.8) is 0 Å². The number of carbonyl (C=O) groups is 1. The van der Waals surface area contributed by atoms with Gasteiger partial charge in [-0.15, -0.1) is 29.9 Å². The normalized spacial score (nSPS) is 19.9. The van der Waals surface area contributed by atoms with Crippen molar-refractivity contribution in [1.82, 2.24) is 20.4 Å². The monoisotopic (exact) mass is 375 g/mol. The number of hydrogen-bond donors (Lipinski definition) is 1. The van der Waals surface area contributed by atoms with E-state index in [1.54, 1.807) is 6.20 Å². The number of carbonyl (C=O) groups excluding carboxylic acids is 1. The molecule has 0 bridgehead atoms. The van der Waals surface area contributed by atoms with E-state index < -0.39 is 0 Å². The van der Waals surface area contributed by atoms with Gasteiger partial charge in [0.1, 0.15) is 0 Å². The maximum atomic E-state index is 12.3. The molecule has 0 spiro atoms. The van der Waals surface area contributed by atoms with Gasteiger partial charge < -0.3 is 15.1 Å². The van der Waals surface area contributed by atoms with Gasteiger partial charge in [-0.05, 0) is 50.3 Å². The minimum Gasteiger partial charge on any atom is -0.353 e. The van der Waals surface area contributed by atoms with Crippen LogP contribution in [0.1, 0.15) is 25.7 Å². The van der Waals surface area contributed by atoms with Crippen molar-refractivity contribution in [2.24, 2.45) is 5.92 Å². The second kappa shape index (κ2) is 10.0. The number of hydrogen-bond acceptors (Lipinski definition) is 5. The number of anilines is 1. The highest BCUT2D eigenvalue weighted by atomic mass is 35.5. The number of nitrogens with zero attached hydrogens (tertiary/aromatic N) is 4. The van der Waals surface area contributed by atoms with E-state index in [1.807, 2.05) is 24.1 Å². The maximum absolute atomic E-state index is 12.3. The molecule has 1 saturated heterocycles. The average Bonchev–Trinajstić information content (AvgIpc) is 3.39. The summed E-state index contributed by atoms with van der Waals surface area (Å²) < 4.78 is 0. The molecule has 136 valence electrons. The molecule has 2 heterocycles. The van der Waals surface area contributed by atoms with E-state index in [1.165, 1.54) is 12.8 Å². The Morgan fingerprint density at radius 1 is 1.38 bits per heavy atom. The van der Waals surface area contributed by atoms with Crippen LogP contribution in [0.2, 0.25) is 0 Å². The molecule has 1 aromatic rings. The molecule has 1 aromatic heterocycles. The first-order valence-corrected chi connectivity index (χ1v) is 8.23. The van der Waals surface area contributed by atoms with Crippen LogP contribution in [0.25, 0.3) is 0 Å². The second-order valence-electron chi connectivity index (χ2n) is 6.40. The smallest absolute Gasteiger partial charge is 0.236 e. The standard InChI is InChI=1S/C16H25N5O.2ClH/c1-20(16(22)11-17-10-13-6-7-13)14-4-3-9-21(12-14)15-5-2-8-18-19-15;;/h2,5,8,13-14,17H,3-4,6-7,9-12H2,1H3;2*1H. The molecule has 1 aliphatic carbocycles. The summed E-state index contributed by atoms with van der Waals surface area (Å²) in [5.41, 5.74) is 0. The van der Waals surface area contributed by atoms with Crippen molar-refractivity contribution in [2.45, 2.75) is 31.7 Å². The number of nitrogens with one attached hydrogen (secondary N) is 1. The Morgan fingerprint density at radius 2 is 2.17 bits per heavy atom. The summed E-state index contributed by atoms with van der Waals surface area (Å²) in [5, 5.41) is 11.4. The highest BCUT2D eigenvalue weighted by Crippen LogP contribution is 2.27. The van der Waals surface area contributed by atoms with Crippen LogP contribution in [0.5, 0.6) is 0 Å². The fourth-order valence-corrected chi connectivity index (χ4v) is 2.97. The first kappa shape index (κ1) is 20.9. The molecular weight excluding hydrogens is 349 g/mol. The van der Waals surface area contributed by atoms with Crippen molar-refractivity contribution in [3.05, 3.63) is 18.3 Å². The zero-order chi connectivity index (χ0) is 15.4. The third kappa shape index (κ3) is 5.76. The van der Waals surface area contributed by atoms with Crippen molar-refractivity contribution in [3.8, 4) is 0 Å². The van der Waals surface area contributed by atoms with Crippen molar-refractivity contribution in [2.75, 3.05) is 38.1 Å². The number of piperidine rings is 1. The highest BCUT2D eigenvalue weighted by molar-refractivity contribution is 5.85. The van der Waals surface area contributed by atoms with E-state index in [2.05, 4.69) is 20.4 Å². The molecule has 1 saturated carbocycles. The van der Waals surface area contributed by atoms with Crippen molar-refractivity contribution >= 4 is 36.5 Å². The Morgan fingerprint density at radius 3 is 2.83 bits per heavy atom. The predicted octanol–water partition coefficient (Wildman–Crippen LogP) is 1.75. The number of amides is 1. The molecule has 1 aliphatic heterocycles. The van der Waals surface area contributed by atoms with Crippen LogP contribution in [-0.2, 0) is 4.79 Å². The van der Waals surface area contributed by atoms with Crippen molar-refractivity contribution in [1.29, 1.82) is 0 Å². The van der Waals surface area contributed by atoms with Crippen LogP contribution in [0.4, 0.5) is 5.82 Å². The summed E-state index contributed by atoms with van der Waals surface area (Å²) in [6, 6.07) is 4.14. The van der Waals surface area contributed by atoms with Gasteiger partial charge >= 0.3 is 0 Å². The molecule has 2 fully saturated rings. The molecule has 3 rings (SSSR count). The number of halogens is 2. The summed E-state index contributed by atoms with van der Waals surface area (Å²) >= 11 is 0. The second-order valence-corrected chi connectivity index (χ2v) is 6.40. The predicted molar refractivity (Wildman–Crippen MR) is 100 cm³/mol. The summed E-state index contributed by atoms with van der Waals surface area (Å²) in [5.74, 6) is 1.89. The van der Waals surface area contributed by atoms with Gasteiger partial charge in [0.15, 0.2) is 5.82 Å². The fraction of sp³-hybridized carbons (Fsp3) is 0.688. The van der Waals surface area contributed by atoms with Gasteiger partial charge in [-0.25, -0.2) is 0 Å². The largest absolute Gasteiger partial charge is 0.353 e. The zero-order valence-corrected chi connectivity index (χ0v) is 15.7. The van der Waals surface area contributed by atoms with Gasteiger partial charge in [-0.2, -0.15) is 5.10 Å². The summed E-state index contributed by atoms with van der Waals surface area (Å²) in [6.45, 7) is 3.26. The van der Waals surface area contributed by atoms with Crippen LogP contribution in [0, 0.1) is 5.92 Å². The average molecular weight is 376 g/mol. The summed E-state index contributed by atoms with van der Waals surface area (Å²) in [4.78, 5) is 16.4. The molecule has 6 nitrogen and oxygen atoms in total. The van der Waals surface area contributed by atoms with Crippen LogP contribution >= 0.6 is 24.8 Å². The van der Waals surface area contributed by atoms with E-state index in [4.69, 9.17) is 0 Å². The van der Waals surface area contributed by atoms with Crippen LogP contribution in [-0.4, -0.2) is 60.3 Å². The summed E-state index contributed by atoms with van der Waals surface area (Å²) in [6.07, 6.45) is 6.45. The van der Waals surface area contributed by atoms with Crippen molar-refractivity contribution < 1.29 is 4.79 Å². The Kier molecular flexibility index (Phi) is 8.73. The molecule has 1 amide bonds. The molecule has 1 atom stereocenters. The van der Waals surface area contributed by atoms with E-state index >= 15 is 0 Å². The first-order valence-electron chi connectivity index (χ1n) is 8.23. The quantitative estimate of drug-likeness (QED) is 0.820. The van der Waals surface area contributed by atoms with Gasteiger partial charge in [0.2, 0.25) is 5.91 Å². The lowest BCUT2D eigenvalue weighted by molar-refractivity contribution is -0.131. The minimum atomic E-state index is 0. The Labute approximate surface area is 156 Å². The van der Waals surface area contributed by atoms with Gasteiger partial charge in [-0.1, -0.05) is 0 Å². The zero-order valence-electron chi connectivity index (χ0n) is 14.1. The number of rotatable bonds is 6. The Balaban J connectivity index is 0.00000144. The van der Waals surface area contributed by atoms with E-state index in [0.29, 0.717) is 6.54 Å². The lowest BCUT2D eigenvalue weighted by atomic mass is 10.0. The number of likely N-dealkylation sites (N-methyl/N-ethyl adjacent to an activating group) is 1. The molecule has 1 unspecified atom stereocenters. The SMILES string of the molecule is CN(C(=O)CNCC1CC1)C1CCCN(c2cccnn2)C1.Cl.Cl. The number of aromatic nitrogens is 2.